The molecule has 1 saturated heterocycles. The van der Waals surface area contributed by atoms with Gasteiger partial charge in [-0.2, -0.15) is 5.01 Å². The van der Waals surface area contributed by atoms with E-state index in [0.29, 0.717) is 0 Å². The molecule has 1 aliphatic rings. The number of amides is 1. The molecule has 0 aliphatic carbocycles. The van der Waals surface area contributed by atoms with Crippen LogP contribution in [-0.4, -0.2) is 22.6 Å². The molecule has 0 spiro atoms. The van der Waals surface area contributed by atoms with Crippen LogP contribution >= 0.6 is 12.2 Å². The lowest BCUT2D eigenvalue weighted by molar-refractivity contribution is -0.138. The first kappa shape index (κ1) is 15.9. The Morgan fingerprint density at radius 2 is 1.95 bits per heavy atom. The third-order valence-corrected chi connectivity index (χ3v) is 3.98. The van der Waals surface area contributed by atoms with Crippen molar-refractivity contribution in [3.05, 3.63) is 35.9 Å². The Bertz CT molecular complexity index is 506. The summed E-state index contributed by atoms with van der Waals surface area (Å²) in [5, 5.41) is 1.57. The summed E-state index contributed by atoms with van der Waals surface area (Å²) in [7, 11) is 0. The Morgan fingerprint density at radius 3 is 2.62 bits per heavy atom. The molecule has 1 aromatic carbocycles. The van der Waals surface area contributed by atoms with Crippen molar-refractivity contribution in [1.29, 1.82) is 0 Å². The van der Waals surface area contributed by atoms with Crippen LogP contribution in [0.5, 0.6) is 0 Å². The van der Waals surface area contributed by atoms with Gasteiger partial charge < -0.3 is 4.74 Å². The van der Waals surface area contributed by atoms with Gasteiger partial charge in [0, 0.05) is 12.1 Å². The van der Waals surface area contributed by atoms with Crippen molar-refractivity contribution in [1.82, 2.24) is 10.4 Å². The molecule has 1 heterocycles. The summed E-state index contributed by atoms with van der Waals surface area (Å²) in [4.78, 5) is 12.6. The molecule has 1 fully saturated rings. The van der Waals surface area contributed by atoms with Crippen molar-refractivity contribution in [2.24, 2.45) is 0 Å². The van der Waals surface area contributed by atoms with Gasteiger partial charge in [-0.15, -0.1) is 0 Å². The van der Waals surface area contributed by atoms with Crippen LogP contribution in [0.15, 0.2) is 30.3 Å². The van der Waals surface area contributed by atoms with Gasteiger partial charge in [0.2, 0.25) is 5.60 Å². The Labute approximate surface area is 131 Å². The largest absolute Gasteiger partial charge is 0.448 e. The van der Waals surface area contributed by atoms with Gasteiger partial charge in [-0.3, -0.25) is 4.79 Å². The minimum Gasteiger partial charge on any atom is -0.448 e. The number of unbranched alkanes of at least 4 members (excludes halogenated alkanes) is 3. The third kappa shape index (κ3) is 3.41. The molecule has 114 valence electrons. The van der Waals surface area contributed by atoms with Crippen molar-refractivity contribution >= 4 is 23.3 Å². The summed E-state index contributed by atoms with van der Waals surface area (Å²) in [5.74, 6) is -0.158. The van der Waals surface area contributed by atoms with E-state index in [9.17, 15) is 4.79 Å². The number of carbonyl (C=O) groups is 1. The van der Waals surface area contributed by atoms with Crippen LogP contribution in [0.3, 0.4) is 0 Å². The first-order valence-corrected chi connectivity index (χ1v) is 7.87. The molecule has 0 aromatic heterocycles. The van der Waals surface area contributed by atoms with Crippen molar-refractivity contribution in [3.8, 4) is 0 Å². The fourth-order valence-electron chi connectivity index (χ4n) is 2.38. The van der Waals surface area contributed by atoms with Gasteiger partial charge in [0.25, 0.3) is 11.1 Å². The highest BCUT2D eigenvalue weighted by Gasteiger charge is 2.49. The summed E-state index contributed by atoms with van der Waals surface area (Å²) in [6.45, 7) is 4.65. The van der Waals surface area contributed by atoms with E-state index in [1.165, 1.54) is 17.9 Å². The lowest BCUT2D eigenvalue weighted by Gasteiger charge is -2.20. The van der Waals surface area contributed by atoms with Gasteiger partial charge in [-0.05, 0) is 25.6 Å². The maximum absolute atomic E-state index is 12.6. The van der Waals surface area contributed by atoms with E-state index in [4.69, 9.17) is 17.0 Å². The second kappa shape index (κ2) is 7.00. The summed E-state index contributed by atoms with van der Waals surface area (Å²) < 4.78 is 5.68. The first-order chi connectivity index (χ1) is 10.1. The van der Waals surface area contributed by atoms with Crippen LogP contribution in [-0.2, 0) is 15.1 Å². The Kier molecular flexibility index (Phi) is 5.31. The highest BCUT2D eigenvalue weighted by Crippen LogP contribution is 2.33. The summed E-state index contributed by atoms with van der Waals surface area (Å²) in [5.41, 5.74) is 2.86. The molecule has 5 heteroatoms. The number of carbonyl (C=O) groups excluding carboxylic acids is 1. The quantitative estimate of drug-likeness (QED) is 0.621. The molecule has 4 nitrogen and oxygen atoms in total. The molecule has 1 aliphatic heterocycles. The van der Waals surface area contributed by atoms with Gasteiger partial charge in [0.15, 0.2) is 0 Å². The zero-order valence-corrected chi connectivity index (χ0v) is 13.4. The fourth-order valence-corrected chi connectivity index (χ4v) is 2.69. The maximum atomic E-state index is 12.6. The molecule has 0 saturated carbocycles. The van der Waals surface area contributed by atoms with E-state index >= 15 is 0 Å². The molecule has 1 N–H and O–H groups in total. The average Bonchev–Trinajstić information content (AvgIpc) is 2.72. The molecular formula is C16H22N2O2S. The van der Waals surface area contributed by atoms with Gasteiger partial charge in [-0.1, -0.05) is 56.5 Å². The van der Waals surface area contributed by atoms with Gasteiger partial charge in [-0.25, -0.2) is 5.43 Å². The molecule has 0 bridgehead atoms. The first-order valence-electron chi connectivity index (χ1n) is 7.46. The van der Waals surface area contributed by atoms with Crippen molar-refractivity contribution in [2.75, 3.05) is 6.54 Å². The van der Waals surface area contributed by atoms with Crippen LogP contribution in [0.2, 0.25) is 0 Å². The average molecular weight is 306 g/mol. The monoisotopic (exact) mass is 306 g/mol. The molecule has 0 radical (unpaired) electrons. The second-order valence-electron chi connectivity index (χ2n) is 5.38. The highest BCUT2D eigenvalue weighted by atomic mass is 32.1. The van der Waals surface area contributed by atoms with E-state index in [-0.39, 0.29) is 11.1 Å². The summed E-state index contributed by atoms with van der Waals surface area (Å²) in [6, 6.07) is 9.45. The van der Waals surface area contributed by atoms with Gasteiger partial charge in [0.05, 0.1) is 0 Å². The molecule has 1 aromatic rings. The summed E-state index contributed by atoms with van der Waals surface area (Å²) >= 11 is 5.19. The number of ether oxygens (including phenoxy) is 1. The number of nitrogens with one attached hydrogen (secondary N) is 1. The highest BCUT2D eigenvalue weighted by molar-refractivity contribution is 7.80. The van der Waals surface area contributed by atoms with Crippen molar-refractivity contribution in [3.63, 3.8) is 0 Å². The molecule has 21 heavy (non-hydrogen) atoms. The van der Waals surface area contributed by atoms with E-state index < -0.39 is 5.60 Å². The SMILES string of the molecule is CCCCCCNN1C(=O)C(C)(c2ccccc2)OC1=S. The number of rotatable bonds is 7. The van der Waals surface area contributed by atoms with E-state index in [2.05, 4.69) is 12.3 Å². The fraction of sp³-hybridized carbons (Fsp3) is 0.500. The molecule has 1 unspecified atom stereocenters. The molecule has 1 amide bonds. The number of thiocarbonyl (C=S) groups is 1. The number of hydrazine groups is 1. The zero-order chi connectivity index (χ0) is 15.3. The Hall–Kier alpha value is -1.46. The van der Waals surface area contributed by atoms with Crippen LogP contribution in [0.4, 0.5) is 0 Å². The smallest absolute Gasteiger partial charge is 0.293 e. The number of benzene rings is 1. The van der Waals surface area contributed by atoms with Gasteiger partial charge in [0.1, 0.15) is 0 Å². The lowest BCUT2D eigenvalue weighted by atomic mass is 9.95. The van der Waals surface area contributed by atoms with E-state index in [1.54, 1.807) is 6.92 Å². The molecular weight excluding hydrogens is 284 g/mol. The molecule has 2 rings (SSSR count). The van der Waals surface area contributed by atoms with E-state index in [1.807, 2.05) is 30.3 Å². The van der Waals surface area contributed by atoms with Crippen LogP contribution < -0.4 is 5.43 Å². The normalized spacial score (nSPS) is 21.7. The Morgan fingerprint density at radius 1 is 1.24 bits per heavy atom. The number of nitrogens with zero attached hydrogens (tertiary/aromatic N) is 1. The Balaban J connectivity index is 2.00. The molecule has 1 atom stereocenters. The van der Waals surface area contributed by atoms with Crippen molar-refractivity contribution < 1.29 is 9.53 Å². The third-order valence-electron chi connectivity index (χ3n) is 3.71. The number of hydrogen-bond acceptors (Lipinski definition) is 4. The van der Waals surface area contributed by atoms with E-state index in [0.717, 1.165) is 24.9 Å². The second-order valence-corrected chi connectivity index (χ2v) is 5.73. The zero-order valence-electron chi connectivity index (χ0n) is 12.6. The standard InChI is InChI=1S/C16H22N2O2S/c1-3-4-5-9-12-17-18-14(19)16(2,20-15(18)21)13-10-7-6-8-11-13/h6-8,10-11,17H,3-5,9,12H2,1-2H3. The maximum Gasteiger partial charge on any atom is 0.293 e. The minimum atomic E-state index is -1.03. The van der Waals surface area contributed by atoms with Crippen molar-refractivity contribution in [2.45, 2.75) is 45.1 Å². The predicted molar refractivity (Wildman–Crippen MR) is 86.5 cm³/mol. The summed E-state index contributed by atoms with van der Waals surface area (Å²) in [6.07, 6.45) is 4.56. The lowest BCUT2D eigenvalue weighted by Crippen LogP contribution is -2.45. The van der Waals surface area contributed by atoms with Crippen LogP contribution in [0, 0.1) is 0 Å². The topological polar surface area (TPSA) is 41.6 Å². The van der Waals surface area contributed by atoms with Crippen LogP contribution in [0.1, 0.15) is 45.1 Å². The number of hydrogen-bond donors (Lipinski definition) is 1. The van der Waals surface area contributed by atoms with Gasteiger partial charge >= 0.3 is 0 Å². The van der Waals surface area contributed by atoms with Crippen LogP contribution in [0.25, 0.3) is 0 Å². The minimum absolute atomic E-state index is 0.158. The predicted octanol–water partition coefficient (Wildman–Crippen LogP) is 3.13.